The quantitative estimate of drug-likeness (QED) is 0.849. The summed E-state index contributed by atoms with van der Waals surface area (Å²) < 4.78 is 13.4. The fourth-order valence-electron chi connectivity index (χ4n) is 2.40. The molecule has 2 aromatic carbocycles. The molecule has 1 aliphatic carbocycles. The minimum atomic E-state index is -0.549. The Morgan fingerprint density at radius 1 is 1.19 bits per heavy atom. The Kier molecular flexibility index (Phi) is 3.33. The predicted molar refractivity (Wildman–Crippen MR) is 81.8 cm³/mol. The van der Waals surface area contributed by atoms with E-state index >= 15 is 0 Å². The molecule has 0 unspecified atom stereocenters. The van der Waals surface area contributed by atoms with E-state index in [1.54, 1.807) is 18.2 Å². The van der Waals surface area contributed by atoms with Crippen molar-refractivity contribution in [3.8, 4) is 0 Å². The monoisotopic (exact) mass is 304 g/mol. The number of hydrogen-bond acceptors (Lipinski definition) is 2. The molecule has 0 bridgehead atoms. The van der Waals surface area contributed by atoms with Crippen molar-refractivity contribution in [2.24, 2.45) is 0 Å². The van der Waals surface area contributed by atoms with Gasteiger partial charge in [0.1, 0.15) is 5.82 Å². The average Bonchev–Trinajstić information content (AvgIpc) is 3.25. The van der Waals surface area contributed by atoms with Crippen LogP contribution in [0, 0.1) is 5.82 Å². The summed E-state index contributed by atoms with van der Waals surface area (Å²) in [6.45, 7) is 0. The van der Waals surface area contributed by atoms with Crippen molar-refractivity contribution in [1.29, 1.82) is 0 Å². The molecule has 21 heavy (non-hydrogen) atoms. The number of benzene rings is 2. The van der Waals surface area contributed by atoms with E-state index in [-0.39, 0.29) is 10.9 Å². The van der Waals surface area contributed by atoms with Gasteiger partial charge < -0.3 is 11.1 Å². The van der Waals surface area contributed by atoms with E-state index in [0.717, 1.165) is 18.4 Å². The molecule has 3 rings (SSSR count). The maximum Gasteiger partial charge on any atom is 0.235 e. The highest BCUT2D eigenvalue weighted by atomic mass is 35.5. The molecule has 0 radical (unpaired) electrons. The van der Waals surface area contributed by atoms with Crippen LogP contribution in [0.25, 0.3) is 0 Å². The molecular formula is C16H14ClFN2O. The molecule has 1 fully saturated rings. The second-order valence-corrected chi connectivity index (χ2v) is 5.69. The van der Waals surface area contributed by atoms with Gasteiger partial charge in [-0.2, -0.15) is 0 Å². The van der Waals surface area contributed by atoms with Crippen LogP contribution in [-0.2, 0) is 10.2 Å². The standard InChI is InChI=1S/C16H14ClFN2O/c17-13-6-5-12(9-14(13)18)20-15(21)16(7-8-16)10-1-3-11(19)4-2-10/h1-6,9H,7-8,19H2,(H,20,21). The molecule has 0 saturated heterocycles. The number of rotatable bonds is 3. The number of hydrogen-bond donors (Lipinski definition) is 2. The van der Waals surface area contributed by atoms with E-state index in [1.165, 1.54) is 12.1 Å². The summed E-state index contributed by atoms with van der Waals surface area (Å²) in [6, 6.07) is 11.5. The Hall–Kier alpha value is -2.07. The largest absolute Gasteiger partial charge is 0.399 e. The summed E-state index contributed by atoms with van der Waals surface area (Å²) in [6.07, 6.45) is 1.55. The maximum absolute atomic E-state index is 13.4. The van der Waals surface area contributed by atoms with Crippen molar-refractivity contribution in [3.05, 3.63) is 58.9 Å². The normalized spacial score (nSPS) is 15.5. The van der Waals surface area contributed by atoms with Gasteiger partial charge in [-0.15, -0.1) is 0 Å². The van der Waals surface area contributed by atoms with E-state index < -0.39 is 11.2 Å². The number of amides is 1. The van der Waals surface area contributed by atoms with Gasteiger partial charge in [0.05, 0.1) is 10.4 Å². The molecule has 1 amide bonds. The topological polar surface area (TPSA) is 55.1 Å². The Labute approximate surface area is 126 Å². The van der Waals surface area contributed by atoms with Gasteiger partial charge in [0.25, 0.3) is 0 Å². The van der Waals surface area contributed by atoms with E-state index in [2.05, 4.69) is 5.32 Å². The van der Waals surface area contributed by atoms with Gasteiger partial charge >= 0.3 is 0 Å². The van der Waals surface area contributed by atoms with Gasteiger partial charge in [0, 0.05) is 11.4 Å². The number of anilines is 2. The third kappa shape index (κ3) is 2.59. The van der Waals surface area contributed by atoms with Crippen LogP contribution in [0.4, 0.5) is 15.8 Å². The highest BCUT2D eigenvalue weighted by Crippen LogP contribution is 2.49. The number of carbonyl (C=O) groups excluding carboxylic acids is 1. The Balaban J connectivity index is 1.81. The zero-order chi connectivity index (χ0) is 15.0. The zero-order valence-corrected chi connectivity index (χ0v) is 12.0. The second-order valence-electron chi connectivity index (χ2n) is 5.29. The molecule has 1 saturated carbocycles. The first-order valence-electron chi connectivity index (χ1n) is 6.64. The van der Waals surface area contributed by atoms with E-state index in [1.807, 2.05) is 12.1 Å². The second kappa shape index (κ2) is 5.04. The summed E-state index contributed by atoms with van der Waals surface area (Å²) in [7, 11) is 0. The lowest BCUT2D eigenvalue weighted by atomic mass is 9.94. The van der Waals surface area contributed by atoms with Gasteiger partial charge in [0.2, 0.25) is 5.91 Å². The van der Waals surface area contributed by atoms with Crippen molar-refractivity contribution in [2.75, 3.05) is 11.1 Å². The van der Waals surface area contributed by atoms with Crippen LogP contribution in [0.3, 0.4) is 0 Å². The van der Waals surface area contributed by atoms with Crippen LogP contribution in [-0.4, -0.2) is 5.91 Å². The minimum absolute atomic E-state index is 0.0349. The first-order valence-corrected chi connectivity index (χ1v) is 7.02. The van der Waals surface area contributed by atoms with Gasteiger partial charge in [0.15, 0.2) is 0 Å². The van der Waals surface area contributed by atoms with Gasteiger partial charge in [-0.1, -0.05) is 23.7 Å². The molecule has 0 aliphatic heterocycles. The SMILES string of the molecule is Nc1ccc(C2(C(=O)Nc3ccc(Cl)c(F)c3)CC2)cc1. The Morgan fingerprint density at radius 3 is 2.43 bits per heavy atom. The van der Waals surface area contributed by atoms with Crippen LogP contribution in [0.15, 0.2) is 42.5 Å². The van der Waals surface area contributed by atoms with E-state index in [0.29, 0.717) is 11.4 Å². The van der Waals surface area contributed by atoms with Crippen LogP contribution in [0.2, 0.25) is 5.02 Å². The molecule has 0 atom stereocenters. The predicted octanol–water partition coefficient (Wildman–Crippen LogP) is 3.73. The number of nitrogens with one attached hydrogen (secondary N) is 1. The lowest BCUT2D eigenvalue weighted by Crippen LogP contribution is -2.27. The van der Waals surface area contributed by atoms with Crippen LogP contribution >= 0.6 is 11.6 Å². The lowest BCUT2D eigenvalue weighted by molar-refractivity contribution is -0.118. The zero-order valence-electron chi connectivity index (χ0n) is 11.2. The number of carbonyl (C=O) groups is 1. The maximum atomic E-state index is 13.4. The summed E-state index contributed by atoms with van der Waals surface area (Å²) in [4.78, 5) is 12.5. The molecule has 2 aromatic rings. The molecule has 5 heteroatoms. The average molecular weight is 305 g/mol. The number of nitrogens with two attached hydrogens (primary N) is 1. The lowest BCUT2D eigenvalue weighted by Gasteiger charge is -2.16. The van der Waals surface area contributed by atoms with E-state index in [9.17, 15) is 9.18 Å². The van der Waals surface area contributed by atoms with Gasteiger partial charge in [-0.25, -0.2) is 4.39 Å². The fraction of sp³-hybridized carbons (Fsp3) is 0.188. The Morgan fingerprint density at radius 2 is 1.86 bits per heavy atom. The van der Waals surface area contributed by atoms with Crippen molar-refractivity contribution in [3.63, 3.8) is 0 Å². The molecule has 1 aliphatic rings. The molecule has 0 spiro atoms. The van der Waals surface area contributed by atoms with Gasteiger partial charge in [-0.3, -0.25) is 4.79 Å². The molecular weight excluding hydrogens is 291 g/mol. The summed E-state index contributed by atoms with van der Waals surface area (Å²) in [5.41, 5.74) is 7.14. The molecule has 108 valence electrons. The summed E-state index contributed by atoms with van der Waals surface area (Å²) >= 11 is 5.63. The number of halogens is 2. The van der Waals surface area contributed by atoms with Crippen molar-refractivity contribution >= 4 is 28.9 Å². The molecule has 0 aromatic heterocycles. The molecule has 0 heterocycles. The van der Waals surface area contributed by atoms with E-state index in [4.69, 9.17) is 17.3 Å². The minimum Gasteiger partial charge on any atom is -0.399 e. The van der Waals surface area contributed by atoms with Crippen molar-refractivity contribution < 1.29 is 9.18 Å². The highest BCUT2D eigenvalue weighted by Gasteiger charge is 2.51. The fourth-order valence-corrected chi connectivity index (χ4v) is 2.52. The summed E-state index contributed by atoms with van der Waals surface area (Å²) in [5.74, 6) is -0.680. The van der Waals surface area contributed by atoms with Gasteiger partial charge in [-0.05, 0) is 48.7 Å². The van der Waals surface area contributed by atoms with Crippen molar-refractivity contribution in [2.45, 2.75) is 18.3 Å². The molecule has 3 N–H and O–H groups in total. The van der Waals surface area contributed by atoms with Crippen LogP contribution < -0.4 is 11.1 Å². The molecule has 3 nitrogen and oxygen atoms in total. The third-order valence-corrected chi connectivity index (χ3v) is 4.13. The number of nitrogen functional groups attached to an aromatic ring is 1. The first kappa shape index (κ1) is 13.9. The van der Waals surface area contributed by atoms with Crippen LogP contribution in [0.5, 0.6) is 0 Å². The van der Waals surface area contributed by atoms with Crippen LogP contribution in [0.1, 0.15) is 18.4 Å². The smallest absolute Gasteiger partial charge is 0.235 e. The summed E-state index contributed by atoms with van der Waals surface area (Å²) in [5, 5.41) is 2.79. The third-order valence-electron chi connectivity index (χ3n) is 3.83. The Bertz CT molecular complexity index is 696. The van der Waals surface area contributed by atoms with Crippen molar-refractivity contribution in [1.82, 2.24) is 0 Å². The first-order chi connectivity index (χ1) is 10.0. The highest BCUT2D eigenvalue weighted by molar-refractivity contribution is 6.30.